The molecule has 0 saturated carbocycles. The molecule has 0 spiro atoms. The van der Waals surface area contributed by atoms with Gasteiger partial charge in [0.2, 0.25) is 0 Å². The van der Waals surface area contributed by atoms with Crippen molar-refractivity contribution in [3.8, 4) is 5.75 Å². The van der Waals surface area contributed by atoms with Gasteiger partial charge in [-0.1, -0.05) is 12.1 Å². The number of hydrogen-bond acceptors (Lipinski definition) is 6. The van der Waals surface area contributed by atoms with Gasteiger partial charge >= 0.3 is 0 Å². The zero-order chi connectivity index (χ0) is 19.0. The Labute approximate surface area is 159 Å². The Kier molecular flexibility index (Phi) is 4.70. The van der Waals surface area contributed by atoms with Crippen molar-refractivity contribution in [2.75, 3.05) is 18.4 Å². The van der Waals surface area contributed by atoms with Gasteiger partial charge < -0.3 is 10.4 Å². The van der Waals surface area contributed by atoms with E-state index < -0.39 is 0 Å². The van der Waals surface area contributed by atoms with E-state index in [-0.39, 0.29) is 0 Å². The first-order valence-corrected chi connectivity index (χ1v) is 9.44. The van der Waals surface area contributed by atoms with Crippen molar-refractivity contribution in [2.45, 2.75) is 39.3 Å². The largest absolute Gasteiger partial charge is 0.508 e. The van der Waals surface area contributed by atoms with E-state index >= 15 is 0 Å². The van der Waals surface area contributed by atoms with Crippen molar-refractivity contribution in [1.82, 2.24) is 24.6 Å². The Morgan fingerprint density at radius 1 is 1.26 bits per heavy atom. The van der Waals surface area contributed by atoms with Crippen LogP contribution in [0.2, 0.25) is 0 Å². The minimum atomic E-state index is 0.324. The minimum Gasteiger partial charge on any atom is -0.508 e. The summed E-state index contributed by atoms with van der Waals surface area (Å²) in [5.41, 5.74) is 2.95. The first-order chi connectivity index (χ1) is 13.0. The summed E-state index contributed by atoms with van der Waals surface area (Å²) in [6.07, 6.45) is 2.25. The van der Waals surface area contributed by atoms with Crippen LogP contribution in [-0.4, -0.2) is 48.9 Å². The zero-order valence-electron chi connectivity index (χ0n) is 16.1. The summed E-state index contributed by atoms with van der Waals surface area (Å²) in [7, 11) is 1.92. The van der Waals surface area contributed by atoms with Gasteiger partial charge in [-0.2, -0.15) is 5.10 Å². The summed E-state index contributed by atoms with van der Waals surface area (Å²) >= 11 is 0. The number of nitrogens with one attached hydrogen (secondary N) is 1. The van der Waals surface area contributed by atoms with Crippen LogP contribution in [0.25, 0.3) is 11.0 Å². The fourth-order valence-electron chi connectivity index (χ4n) is 3.98. The maximum atomic E-state index is 9.69. The van der Waals surface area contributed by atoms with E-state index in [2.05, 4.69) is 31.3 Å². The van der Waals surface area contributed by atoms with E-state index in [0.717, 1.165) is 66.4 Å². The van der Waals surface area contributed by atoms with Crippen molar-refractivity contribution >= 4 is 16.9 Å². The average Bonchev–Trinajstić information content (AvgIpc) is 2.89. The lowest BCUT2D eigenvalue weighted by molar-refractivity contribution is 0.208. The smallest absolute Gasteiger partial charge is 0.163 e. The molecule has 3 aromatic rings. The minimum absolute atomic E-state index is 0.324. The number of phenols is 1. The molecule has 0 aliphatic carbocycles. The number of phenolic OH excluding ortho intramolecular Hbond substituents is 1. The summed E-state index contributed by atoms with van der Waals surface area (Å²) in [4.78, 5) is 11.6. The van der Waals surface area contributed by atoms with Gasteiger partial charge in [-0.15, -0.1) is 0 Å². The van der Waals surface area contributed by atoms with E-state index in [1.807, 2.05) is 37.7 Å². The van der Waals surface area contributed by atoms with Crippen LogP contribution in [-0.2, 0) is 13.6 Å². The summed E-state index contributed by atoms with van der Waals surface area (Å²) in [6.45, 7) is 6.78. The van der Waals surface area contributed by atoms with E-state index in [9.17, 15) is 5.11 Å². The van der Waals surface area contributed by atoms with Crippen molar-refractivity contribution in [1.29, 1.82) is 0 Å². The zero-order valence-corrected chi connectivity index (χ0v) is 16.1. The molecule has 0 radical (unpaired) electrons. The molecule has 0 amide bonds. The molecule has 2 aromatic heterocycles. The predicted molar refractivity (Wildman–Crippen MR) is 106 cm³/mol. The average molecular weight is 366 g/mol. The van der Waals surface area contributed by atoms with Crippen molar-refractivity contribution < 1.29 is 5.11 Å². The summed E-state index contributed by atoms with van der Waals surface area (Å²) in [5.74, 6) is 1.96. The highest BCUT2D eigenvalue weighted by Gasteiger charge is 2.22. The molecule has 142 valence electrons. The molecule has 0 unspecified atom stereocenters. The molecule has 1 atom stereocenters. The Morgan fingerprint density at radius 2 is 2.11 bits per heavy atom. The number of piperidine rings is 1. The molecule has 1 aromatic carbocycles. The van der Waals surface area contributed by atoms with Gasteiger partial charge in [0.1, 0.15) is 17.4 Å². The second kappa shape index (κ2) is 7.15. The highest BCUT2D eigenvalue weighted by Crippen LogP contribution is 2.26. The molecular weight excluding hydrogens is 340 g/mol. The van der Waals surface area contributed by atoms with E-state index in [1.165, 1.54) is 0 Å². The lowest BCUT2D eigenvalue weighted by Crippen LogP contribution is -2.41. The van der Waals surface area contributed by atoms with Crippen molar-refractivity contribution in [3.63, 3.8) is 0 Å². The number of aryl methyl sites for hydroxylation is 3. The normalized spacial score (nSPS) is 18.1. The number of fused-ring (bicyclic) bond motifs is 1. The molecular formula is C20H26N6O. The monoisotopic (exact) mass is 366 g/mol. The quantitative estimate of drug-likeness (QED) is 0.739. The number of anilines is 1. The molecule has 1 saturated heterocycles. The van der Waals surface area contributed by atoms with Gasteiger partial charge in [0, 0.05) is 26.2 Å². The van der Waals surface area contributed by atoms with Gasteiger partial charge in [-0.3, -0.25) is 9.58 Å². The number of likely N-dealkylation sites (tertiary alicyclic amines) is 1. The number of benzene rings is 1. The van der Waals surface area contributed by atoms with Crippen LogP contribution >= 0.6 is 0 Å². The molecule has 1 aliphatic heterocycles. The summed E-state index contributed by atoms with van der Waals surface area (Å²) in [6, 6.07) is 7.84. The van der Waals surface area contributed by atoms with Crippen molar-refractivity contribution in [3.05, 3.63) is 41.3 Å². The van der Waals surface area contributed by atoms with Gasteiger partial charge in [0.15, 0.2) is 5.65 Å². The Balaban J connectivity index is 1.52. The topological polar surface area (TPSA) is 79.1 Å². The predicted octanol–water partition coefficient (Wildman–Crippen LogP) is 2.76. The molecule has 0 bridgehead atoms. The molecule has 1 aliphatic rings. The molecule has 7 heteroatoms. The highest BCUT2D eigenvalue weighted by molar-refractivity contribution is 5.89. The standard InChI is InChI=1S/C20H26N6O/c1-13-18-19(21-14(2)22-20(18)25(3)24-13)23-16-7-5-9-26(12-16)11-15-6-4-8-17(27)10-15/h4,6,8,10,16,27H,5,7,9,11-12H2,1-3H3,(H,21,22,23)/t16-/m1/s1. The SMILES string of the molecule is Cc1nc(N[C@@H]2CCCN(Cc3cccc(O)c3)C2)c2c(C)nn(C)c2n1. The third-order valence-electron chi connectivity index (χ3n) is 5.13. The number of aromatic nitrogens is 4. The third-order valence-corrected chi connectivity index (χ3v) is 5.13. The Morgan fingerprint density at radius 3 is 2.93 bits per heavy atom. The Bertz CT molecular complexity index is 967. The van der Waals surface area contributed by atoms with Crippen LogP contribution in [0.1, 0.15) is 29.9 Å². The fourth-order valence-corrected chi connectivity index (χ4v) is 3.98. The van der Waals surface area contributed by atoms with Gasteiger partial charge in [-0.25, -0.2) is 9.97 Å². The molecule has 7 nitrogen and oxygen atoms in total. The first kappa shape index (κ1) is 17.7. The second-order valence-electron chi connectivity index (χ2n) is 7.42. The lowest BCUT2D eigenvalue weighted by atomic mass is 10.0. The maximum Gasteiger partial charge on any atom is 0.163 e. The van der Waals surface area contributed by atoms with Gasteiger partial charge in [0.25, 0.3) is 0 Å². The second-order valence-corrected chi connectivity index (χ2v) is 7.42. The van der Waals surface area contributed by atoms with Gasteiger partial charge in [-0.05, 0) is 50.9 Å². The first-order valence-electron chi connectivity index (χ1n) is 9.44. The molecule has 4 rings (SSSR count). The van der Waals surface area contributed by atoms with Gasteiger partial charge in [0.05, 0.1) is 11.1 Å². The lowest BCUT2D eigenvalue weighted by Gasteiger charge is -2.33. The fraction of sp³-hybridized carbons (Fsp3) is 0.450. The third kappa shape index (κ3) is 3.73. The number of nitrogens with zero attached hydrogens (tertiary/aromatic N) is 5. The molecule has 27 heavy (non-hydrogen) atoms. The Hall–Kier alpha value is -2.67. The maximum absolute atomic E-state index is 9.69. The van der Waals surface area contributed by atoms with Crippen LogP contribution in [0.5, 0.6) is 5.75 Å². The van der Waals surface area contributed by atoms with Crippen LogP contribution < -0.4 is 5.32 Å². The molecule has 1 fully saturated rings. The summed E-state index contributed by atoms with van der Waals surface area (Å²) < 4.78 is 1.82. The van der Waals surface area contributed by atoms with Crippen molar-refractivity contribution in [2.24, 2.45) is 7.05 Å². The number of aromatic hydroxyl groups is 1. The number of hydrogen-bond donors (Lipinski definition) is 2. The van der Waals surface area contributed by atoms with Crippen LogP contribution in [0, 0.1) is 13.8 Å². The summed E-state index contributed by atoms with van der Waals surface area (Å²) in [5, 5.41) is 18.9. The van der Waals surface area contributed by atoms with Crippen LogP contribution in [0.3, 0.4) is 0 Å². The molecule has 3 heterocycles. The highest BCUT2D eigenvalue weighted by atomic mass is 16.3. The number of rotatable bonds is 4. The molecule has 2 N–H and O–H groups in total. The van der Waals surface area contributed by atoms with E-state index in [4.69, 9.17) is 0 Å². The van der Waals surface area contributed by atoms with E-state index in [0.29, 0.717) is 11.8 Å². The van der Waals surface area contributed by atoms with Crippen LogP contribution in [0.15, 0.2) is 24.3 Å². The van der Waals surface area contributed by atoms with Crippen LogP contribution in [0.4, 0.5) is 5.82 Å². The van der Waals surface area contributed by atoms with E-state index in [1.54, 1.807) is 6.07 Å².